The minimum atomic E-state index is -0.513. The third-order valence-corrected chi connectivity index (χ3v) is 5.85. The van der Waals surface area contributed by atoms with Crippen molar-refractivity contribution in [3.63, 3.8) is 0 Å². The van der Waals surface area contributed by atoms with Gasteiger partial charge in [0.15, 0.2) is 5.70 Å². The van der Waals surface area contributed by atoms with Gasteiger partial charge in [-0.1, -0.05) is 43.6 Å². The van der Waals surface area contributed by atoms with Gasteiger partial charge in [-0.05, 0) is 12.8 Å². The summed E-state index contributed by atoms with van der Waals surface area (Å²) in [6, 6.07) is 0. The summed E-state index contributed by atoms with van der Waals surface area (Å²) in [5.41, 5.74) is 0.857. The lowest BCUT2D eigenvalue weighted by molar-refractivity contribution is -0.141. The number of fused-ring (bicyclic) bond motifs is 1. The number of azo groups is 1. The Labute approximate surface area is 158 Å². The molecule has 0 aromatic heterocycles. The summed E-state index contributed by atoms with van der Waals surface area (Å²) in [7, 11) is 0. The highest BCUT2D eigenvalue weighted by Crippen LogP contribution is 2.30. The van der Waals surface area contributed by atoms with Gasteiger partial charge in [-0.3, -0.25) is 14.4 Å². The van der Waals surface area contributed by atoms with E-state index < -0.39 is 5.92 Å². The van der Waals surface area contributed by atoms with Crippen molar-refractivity contribution in [3.05, 3.63) is 35.6 Å². The molecule has 142 valence electrons. The molecule has 4 rings (SSSR count). The van der Waals surface area contributed by atoms with Gasteiger partial charge >= 0.3 is 0 Å². The molecule has 1 saturated heterocycles. The standard InChI is InChI=1S/C20H24N4O3/c25-18-16-9-5-4-8-15(16)17(21-22-18)20(27)24-12-10-23(11-13-24)19(26)14-6-2-1-3-7-14/h4-5,8-9,14,16H,1-3,6-7,10-13H2. The number of allylic oxidation sites excluding steroid dienone is 3. The Balaban J connectivity index is 1.41. The fourth-order valence-electron chi connectivity index (χ4n) is 4.26. The van der Waals surface area contributed by atoms with Gasteiger partial charge in [0.2, 0.25) is 5.91 Å². The molecule has 7 nitrogen and oxygen atoms in total. The molecule has 4 aliphatic rings. The smallest absolute Gasteiger partial charge is 0.276 e. The predicted octanol–water partition coefficient (Wildman–Crippen LogP) is 2.23. The second kappa shape index (κ2) is 7.58. The molecule has 0 aromatic rings. The van der Waals surface area contributed by atoms with E-state index in [0.29, 0.717) is 31.8 Å². The molecule has 2 fully saturated rings. The minimum absolute atomic E-state index is 0.156. The predicted molar refractivity (Wildman–Crippen MR) is 98.4 cm³/mol. The van der Waals surface area contributed by atoms with E-state index in [4.69, 9.17) is 0 Å². The summed E-state index contributed by atoms with van der Waals surface area (Å²) in [6.45, 7) is 2.08. The molecule has 0 spiro atoms. The summed E-state index contributed by atoms with van der Waals surface area (Å²) in [5.74, 6) is -0.669. The maximum absolute atomic E-state index is 12.9. The van der Waals surface area contributed by atoms with Crippen LogP contribution in [0.3, 0.4) is 0 Å². The second-order valence-corrected chi connectivity index (χ2v) is 7.52. The van der Waals surface area contributed by atoms with Crippen molar-refractivity contribution in [2.75, 3.05) is 26.2 Å². The van der Waals surface area contributed by atoms with E-state index in [1.54, 1.807) is 29.2 Å². The van der Waals surface area contributed by atoms with Crippen LogP contribution in [0, 0.1) is 11.8 Å². The van der Waals surface area contributed by atoms with Gasteiger partial charge < -0.3 is 9.80 Å². The number of hydrogen-bond acceptors (Lipinski definition) is 4. The zero-order chi connectivity index (χ0) is 18.8. The van der Waals surface area contributed by atoms with Crippen molar-refractivity contribution in [1.82, 2.24) is 9.80 Å². The molecule has 7 heteroatoms. The van der Waals surface area contributed by atoms with E-state index in [-0.39, 0.29) is 29.3 Å². The Kier molecular flexibility index (Phi) is 5.01. The van der Waals surface area contributed by atoms with Crippen molar-refractivity contribution < 1.29 is 14.4 Å². The molecular formula is C20H24N4O3. The number of rotatable bonds is 2. The van der Waals surface area contributed by atoms with Crippen LogP contribution in [0.5, 0.6) is 0 Å². The zero-order valence-corrected chi connectivity index (χ0v) is 15.3. The molecule has 27 heavy (non-hydrogen) atoms. The summed E-state index contributed by atoms with van der Waals surface area (Å²) >= 11 is 0. The number of carbonyl (C=O) groups is 3. The minimum Gasteiger partial charge on any atom is -0.339 e. The number of piperazine rings is 1. The van der Waals surface area contributed by atoms with Gasteiger partial charge in [-0.2, -0.15) is 0 Å². The molecule has 1 atom stereocenters. The van der Waals surface area contributed by atoms with Gasteiger partial charge in [0.05, 0.1) is 5.92 Å². The fraction of sp³-hybridized carbons (Fsp3) is 0.550. The van der Waals surface area contributed by atoms with Gasteiger partial charge in [-0.25, -0.2) is 0 Å². The molecule has 0 radical (unpaired) electrons. The lowest BCUT2D eigenvalue weighted by atomic mass is 9.88. The van der Waals surface area contributed by atoms with Crippen molar-refractivity contribution in [2.24, 2.45) is 22.1 Å². The molecule has 1 unspecified atom stereocenters. The van der Waals surface area contributed by atoms with Crippen LogP contribution < -0.4 is 0 Å². The van der Waals surface area contributed by atoms with Gasteiger partial charge in [0, 0.05) is 37.7 Å². The van der Waals surface area contributed by atoms with E-state index in [9.17, 15) is 14.4 Å². The van der Waals surface area contributed by atoms with Crippen LogP contribution in [-0.4, -0.2) is 53.7 Å². The highest BCUT2D eigenvalue weighted by molar-refractivity contribution is 5.98. The highest BCUT2D eigenvalue weighted by atomic mass is 16.2. The van der Waals surface area contributed by atoms with Crippen LogP contribution >= 0.6 is 0 Å². The Morgan fingerprint density at radius 3 is 2.37 bits per heavy atom. The first kappa shape index (κ1) is 17.8. The Morgan fingerprint density at radius 2 is 1.63 bits per heavy atom. The zero-order valence-electron chi connectivity index (χ0n) is 15.3. The summed E-state index contributed by atoms with van der Waals surface area (Å²) in [6.07, 6.45) is 12.6. The molecule has 2 heterocycles. The molecule has 0 bridgehead atoms. The topological polar surface area (TPSA) is 82.4 Å². The average molecular weight is 368 g/mol. The molecular weight excluding hydrogens is 344 g/mol. The first-order valence-corrected chi connectivity index (χ1v) is 9.78. The first-order chi connectivity index (χ1) is 13.1. The lowest BCUT2D eigenvalue weighted by Gasteiger charge is -2.37. The van der Waals surface area contributed by atoms with E-state index >= 15 is 0 Å². The molecule has 0 N–H and O–H groups in total. The second-order valence-electron chi connectivity index (χ2n) is 7.52. The Morgan fingerprint density at radius 1 is 0.926 bits per heavy atom. The van der Waals surface area contributed by atoms with Crippen LogP contribution in [-0.2, 0) is 14.4 Å². The van der Waals surface area contributed by atoms with E-state index in [0.717, 1.165) is 25.7 Å². The Bertz CT molecular complexity index is 766. The Hall–Kier alpha value is -2.57. The number of nitrogens with zero attached hydrogens (tertiary/aromatic N) is 4. The number of hydrogen-bond donors (Lipinski definition) is 0. The molecule has 2 aliphatic heterocycles. The normalized spacial score (nSPS) is 25.8. The van der Waals surface area contributed by atoms with Gasteiger partial charge in [-0.15, -0.1) is 10.2 Å². The van der Waals surface area contributed by atoms with Crippen molar-refractivity contribution in [3.8, 4) is 0 Å². The van der Waals surface area contributed by atoms with Gasteiger partial charge in [0.1, 0.15) is 0 Å². The average Bonchev–Trinajstić information content (AvgIpc) is 2.74. The van der Waals surface area contributed by atoms with Crippen molar-refractivity contribution >= 4 is 17.7 Å². The summed E-state index contributed by atoms with van der Waals surface area (Å²) in [4.78, 5) is 41.1. The number of amides is 3. The largest absolute Gasteiger partial charge is 0.339 e. The quantitative estimate of drug-likeness (QED) is 0.749. The third-order valence-electron chi connectivity index (χ3n) is 5.85. The van der Waals surface area contributed by atoms with Crippen LogP contribution in [0.15, 0.2) is 45.8 Å². The van der Waals surface area contributed by atoms with E-state index in [1.807, 2.05) is 4.90 Å². The van der Waals surface area contributed by atoms with E-state index in [1.165, 1.54) is 6.42 Å². The SMILES string of the molecule is O=C1N=NC(C(=O)N2CCN(C(=O)C3CCCCC3)CC2)=C2C=CC=CC12. The van der Waals surface area contributed by atoms with Crippen molar-refractivity contribution in [2.45, 2.75) is 32.1 Å². The maximum atomic E-state index is 12.9. The molecule has 3 amide bonds. The molecule has 2 aliphatic carbocycles. The monoisotopic (exact) mass is 368 g/mol. The fourth-order valence-corrected chi connectivity index (χ4v) is 4.26. The number of carbonyl (C=O) groups excluding carboxylic acids is 3. The third kappa shape index (κ3) is 3.50. The van der Waals surface area contributed by atoms with Crippen molar-refractivity contribution in [1.29, 1.82) is 0 Å². The van der Waals surface area contributed by atoms with Crippen LogP contribution in [0.1, 0.15) is 32.1 Å². The van der Waals surface area contributed by atoms with E-state index in [2.05, 4.69) is 10.2 Å². The molecule has 1 saturated carbocycles. The lowest BCUT2D eigenvalue weighted by Crippen LogP contribution is -2.52. The van der Waals surface area contributed by atoms with Gasteiger partial charge in [0.25, 0.3) is 11.8 Å². The molecule has 0 aromatic carbocycles. The summed E-state index contributed by atoms with van der Waals surface area (Å²) < 4.78 is 0. The summed E-state index contributed by atoms with van der Waals surface area (Å²) in [5, 5.41) is 7.54. The highest BCUT2D eigenvalue weighted by Gasteiger charge is 2.34. The van der Waals surface area contributed by atoms with Crippen LogP contribution in [0.2, 0.25) is 0 Å². The maximum Gasteiger partial charge on any atom is 0.276 e. The van der Waals surface area contributed by atoms with Crippen LogP contribution in [0.25, 0.3) is 0 Å². The first-order valence-electron chi connectivity index (χ1n) is 9.78. The van der Waals surface area contributed by atoms with Crippen LogP contribution in [0.4, 0.5) is 0 Å².